The van der Waals surface area contributed by atoms with Crippen molar-refractivity contribution in [1.29, 1.82) is 0 Å². The first-order chi connectivity index (χ1) is 27.4. The molecule has 0 saturated carbocycles. The van der Waals surface area contributed by atoms with Crippen LogP contribution in [-0.2, 0) is 22.8 Å². The van der Waals surface area contributed by atoms with Crippen molar-refractivity contribution in [2.24, 2.45) is 17.8 Å². The van der Waals surface area contributed by atoms with Crippen molar-refractivity contribution in [1.82, 2.24) is 0 Å². The number of carbonyl (C=O) groups excluding carboxylic acids is 1. The van der Waals surface area contributed by atoms with Crippen LogP contribution < -0.4 is 0 Å². The summed E-state index contributed by atoms with van der Waals surface area (Å²) in [4.78, 5) is 14.4. The molecule has 5 nitrogen and oxygen atoms in total. The van der Waals surface area contributed by atoms with Crippen LogP contribution in [0.5, 0.6) is 0 Å². The van der Waals surface area contributed by atoms with E-state index < -0.39 is 30.9 Å². The quantitative estimate of drug-likeness (QED) is 0.0285. The summed E-state index contributed by atoms with van der Waals surface area (Å²) in [6.07, 6.45) is 16.4. The third kappa shape index (κ3) is 21.8. The fraction of sp³-hybridized carbons (Fsp3) is 0.827. The molecule has 8 heteroatoms. The molecular formula is C52H98O5Si3. The largest absolute Gasteiger partial charge is 0.458 e. The molecule has 0 rings (SSSR count). The zero-order valence-corrected chi connectivity index (χ0v) is 46.6. The maximum atomic E-state index is 14.4. The molecule has 0 aromatic rings. The summed E-state index contributed by atoms with van der Waals surface area (Å²) in [6.45, 7) is 49.5. The van der Waals surface area contributed by atoms with Gasteiger partial charge in [0, 0.05) is 12.8 Å². The van der Waals surface area contributed by atoms with Gasteiger partial charge in [-0.1, -0.05) is 114 Å². The molecule has 0 unspecified atom stereocenters. The molecule has 0 saturated heterocycles. The Morgan fingerprint density at radius 3 is 1.60 bits per heavy atom. The molecule has 0 aromatic heterocycles. The van der Waals surface area contributed by atoms with Gasteiger partial charge in [-0.3, -0.25) is 4.79 Å². The Morgan fingerprint density at radius 1 is 0.650 bits per heavy atom. The van der Waals surface area contributed by atoms with Gasteiger partial charge in [-0.25, -0.2) is 0 Å². The van der Waals surface area contributed by atoms with E-state index >= 15 is 0 Å². The molecule has 0 aromatic carbocycles. The predicted molar refractivity (Wildman–Crippen MR) is 270 cm³/mol. The molecule has 0 radical (unpaired) electrons. The third-order valence-electron chi connectivity index (χ3n) is 13.7. The molecule has 0 heterocycles. The Kier molecular flexibility index (Phi) is 25.8. The molecule has 60 heavy (non-hydrogen) atoms. The van der Waals surface area contributed by atoms with E-state index in [1.165, 1.54) is 19.3 Å². The highest BCUT2D eigenvalue weighted by molar-refractivity contribution is 6.75. The summed E-state index contributed by atoms with van der Waals surface area (Å²) in [7, 11) is -6.51. The van der Waals surface area contributed by atoms with Crippen LogP contribution in [-0.4, -0.2) is 55.3 Å². The van der Waals surface area contributed by atoms with Crippen LogP contribution in [0, 0.1) is 41.4 Å². The van der Waals surface area contributed by atoms with Gasteiger partial charge >= 0.3 is 5.97 Å². The zero-order valence-electron chi connectivity index (χ0n) is 43.6. The first kappa shape index (κ1) is 58.6. The van der Waals surface area contributed by atoms with Crippen molar-refractivity contribution < 1.29 is 22.8 Å². The number of ether oxygens (including phenoxy) is 1. The Balaban J connectivity index is 6.81. The van der Waals surface area contributed by atoms with Crippen LogP contribution in [0.4, 0.5) is 0 Å². The Bertz CT molecular complexity index is 1430. The van der Waals surface area contributed by atoms with Gasteiger partial charge in [0.1, 0.15) is 6.10 Å². The van der Waals surface area contributed by atoms with Gasteiger partial charge in [-0.15, -0.1) is 23.7 Å². The topological polar surface area (TPSA) is 54.0 Å². The molecule has 0 amide bonds. The normalized spacial score (nSPS) is 17.1. The van der Waals surface area contributed by atoms with E-state index in [4.69, 9.17) is 18.0 Å². The minimum absolute atomic E-state index is 0.00248. The molecule has 0 fully saturated rings. The lowest BCUT2D eigenvalue weighted by molar-refractivity contribution is -0.155. The van der Waals surface area contributed by atoms with Crippen molar-refractivity contribution in [2.45, 2.75) is 260 Å². The lowest BCUT2D eigenvalue weighted by atomic mass is 9.90. The number of carbonyl (C=O) groups is 1. The van der Waals surface area contributed by atoms with Crippen LogP contribution >= 0.6 is 0 Å². The van der Waals surface area contributed by atoms with Crippen molar-refractivity contribution in [3.63, 3.8) is 0 Å². The van der Waals surface area contributed by atoms with Gasteiger partial charge in [0.2, 0.25) is 0 Å². The summed E-state index contributed by atoms with van der Waals surface area (Å²) in [5.41, 5.74) is 1.13. The second-order valence-electron chi connectivity index (χ2n) is 22.7. The number of unbranched alkanes of at least 4 members (excludes halogenated alkanes) is 3. The van der Waals surface area contributed by atoms with Crippen LogP contribution in [0.25, 0.3) is 0 Å². The van der Waals surface area contributed by atoms with Crippen LogP contribution in [0.15, 0.2) is 23.8 Å². The highest BCUT2D eigenvalue weighted by Crippen LogP contribution is 2.43. The fourth-order valence-electron chi connectivity index (χ4n) is 6.41. The number of hydrogen-bond donors (Lipinski definition) is 0. The van der Waals surface area contributed by atoms with Gasteiger partial charge in [0.15, 0.2) is 25.0 Å². The summed E-state index contributed by atoms with van der Waals surface area (Å²) < 4.78 is 28.3. The number of hydrogen-bond acceptors (Lipinski definition) is 5. The van der Waals surface area contributed by atoms with Crippen LogP contribution in [0.1, 0.15) is 181 Å². The van der Waals surface area contributed by atoms with E-state index in [-0.39, 0.29) is 51.4 Å². The highest BCUT2D eigenvalue weighted by atomic mass is 28.4. The number of esters is 1. The van der Waals surface area contributed by atoms with Crippen molar-refractivity contribution in [2.75, 3.05) is 0 Å². The average Bonchev–Trinajstić information content (AvgIpc) is 3.09. The van der Waals surface area contributed by atoms with E-state index in [9.17, 15) is 4.79 Å². The molecule has 0 spiro atoms. The summed E-state index contributed by atoms with van der Waals surface area (Å²) in [5, 5.41) is 0.143. The van der Waals surface area contributed by atoms with Crippen molar-refractivity contribution >= 4 is 30.9 Å². The predicted octanol–water partition coefficient (Wildman–Crippen LogP) is 15.8. The lowest BCUT2D eigenvalue weighted by Crippen LogP contribution is -2.52. The summed E-state index contributed by atoms with van der Waals surface area (Å²) in [5.74, 6) is 12.7. The standard InChI is InChI=1S/C52H98O5Si3/c1-23-26-29-30-32-34-42(5)39-45(38-41(4)33-28-25-3)54-49(53)44(7)48(57-60(21,22)52(14,15)16)40-43(6)36-37-47(56-59(19,20)51(11,12)13)46(35-31-27-24-2)55-58(17,18)50(8,9)10/h32,34,39,41,43-48H,23,26,29-31,33,35-38,40H2,1-22H3/b34-32+,42-39+/t41-,43+,44-,45+,46+,47+,48-/m1/s1. The van der Waals surface area contributed by atoms with Crippen molar-refractivity contribution in [3.05, 3.63) is 23.8 Å². The fourth-order valence-corrected chi connectivity index (χ4v) is 10.6. The summed E-state index contributed by atoms with van der Waals surface area (Å²) >= 11 is 0. The van der Waals surface area contributed by atoms with Crippen molar-refractivity contribution in [3.8, 4) is 23.7 Å². The number of allylic oxidation sites excluding steroid dienone is 3. The second-order valence-corrected chi connectivity index (χ2v) is 36.9. The first-order valence-corrected chi connectivity index (χ1v) is 32.5. The van der Waals surface area contributed by atoms with Crippen LogP contribution in [0.3, 0.4) is 0 Å². The Labute approximate surface area is 377 Å². The molecule has 348 valence electrons. The lowest BCUT2D eigenvalue weighted by Gasteiger charge is -2.45. The first-order valence-electron chi connectivity index (χ1n) is 23.7. The monoisotopic (exact) mass is 887 g/mol. The molecule has 0 aliphatic rings. The minimum Gasteiger partial charge on any atom is -0.458 e. The van der Waals surface area contributed by atoms with E-state index in [1.807, 2.05) is 20.8 Å². The smallest absolute Gasteiger partial charge is 0.311 e. The molecule has 0 bridgehead atoms. The summed E-state index contributed by atoms with van der Waals surface area (Å²) in [6, 6.07) is 0. The second kappa shape index (κ2) is 26.4. The van der Waals surface area contributed by atoms with Crippen LogP contribution in [0.2, 0.25) is 54.4 Å². The van der Waals surface area contributed by atoms with E-state index in [0.717, 1.165) is 56.9 Å². The molecule has 0 aliphatic heterocycles. The van der Waals surface area contributed by atoms with E-state index in [0.29, 0.717) is 5.92 Å². The maximum Gasteiger partial charge on any atom is 0.311 e. The maximum absolute atomic E-state index is 14.4. The van der Waals surface area contributed by atoms with E-state index in [1.54, 1.807) is 0 Å². The molecular weight excluding hydrogens is 789 g/mol. The highest BCUT2D eigenvalue weighted by Gasteiger charge is 2.45. The Hall–Kier alpha value is -1.40. The number of rotatable bonds is 26. The van der Waals surface area contributed by atoms with Gasteiger partial charge in [0.25, 0.3) is 0 Å². The molecule has 7 atom stereocenters. The van der Waals surface area contributed by atoms with Gasteiger partial charge in [-0.2, -0.15) is 0 Å². The van der Waals surface area contributed by atoms with Gasteiger partial charge in [0.05, 0.1) is 24.2 Å². The average molecular weight is 888 g/mol. The zero-order chi connectivity index (χ0) is 46.8. The molecule has 0 N–H and O–H groups in total. The Morgan fingerprint density at radius 2 is 1.13 bits per heavy atom. The third-order valence-corrected chi connectivity index (χ3v) is 27.3. The van der Waals surface area contributed by atoms with E-state index in [2.05, 4.69) is 171 Å². The van der Waals surface area contributed by atoms with Gasteiger partial charge in [-0.05, 0) is 145 Å². The molecule has 0 aliphatic carbocycles. The van der Waals surface area contributed by atoms with Gasteiger partial charge < -0.3 is 18.0 Å². The SMILES string of the molecule is CC#CCC[C@H](O[Si](C)(C)C(C)(C)C)[C@H](CC[C@H](C)C[C@@H](O[Si](C)(C)C(C)(C)C)[C@@H](C)C(=O)O[C@H](/C=C(C)/C=C/CCCCC)C[C@H](C)CC#CC)O[Si](C)(C)C(C)(C)C. The minimum atomic E-state index is -2.25.